The maximum atomic E-state index is 12.4. The lowest BCUT2D eigenvalue weighted by Crippen LogP contribution is -2.54. The summed E-state index contributed by atoms with van der Waals surface area (Å²) < 4.78 is 0.311. The van der Waals surface area contributed by atoms with Gasteiger partial charge >= 0.3 is 11.9 Å². The van der Waals surface area contributed by atoms with E-state index in [9.17, 15) is 19.5 Å². The smallest absolute Gasteiger partial charge is 0.306 e. The number of rotatable bonds is 17. The van der Waals surface area contributed by atoms with Gasteiger partial charge in [-0.05, 0) is 32.1 Å². The van der Waals surface area contributed by atoms with Crippen LogP contribution in [-0.2, 0) is 14.4 Å². The van der Waals surface area contributed by atoms with Crippen molar-refractivity contribution in [2.24, 2.45) is 0 Å². The van der Waals surface area contributed by atoms with Crippen molar-refractivity contribution in [2.45, 2.75) is 76.2 Å². The van der Waals surface area contributed by atoms with E-state index in [0.717, 1.165) is 44.9 Å². The lowest BCUT2D eigenvalue weighted by molar-refractivity contribution is -0.875. The number of quaternary nitrogens is 1. The van der Waals surface area contributed by atoms with E-state index in [1.54, 1.807) is 0 Å². The van der Waals surface area contributed by atoms with Crippen LogP contribution in [0, 0.1) is 0 Å². The standard InChI is InChI=1S/C21H37NO6/c1-22(2,3)17-21(28,16-20(26)27)18(23)14-12-10-8-6-4-5-7-9-11-13-15-19(24)25/h6,8,28H,4-5,7,9-17H2,1-3H3,(H-,24,25,26,27)/p+1. The van der Waals surface area contributed by atoms with Gasteiger partial charge in [0.2, 0.25) is 0 Å². The monoisotopic (exact) mass is 400 g/mol. The van der Waals surface area contributed by atoms with Crippen LogP contribution in [0.15, 0.2) is 12.2 Å². The molecule has 0 aromatic carbocycles. The second-order valence-corrected chi connectivity index (χ2v) is 8.54. The predicted molar refractivity (Wildman–Crippen MR) is 108 cm³/mol. The number of ketones is 1. The largest absolute Gasteiger partial charge is 0.481 e. The Morgan fingerprint density at radius 2 is 1.32 bits per heavy atom. The van der Waals surface area contributed by atoms with Crippen molar-refractivity contribution < 1.29 is 34.2 Å². The fourth-order valence-electron chi connectivity index (χ4n) is 3.20. The molecule has 0 fully saturated rings. The molecular weight excluding hydrogens is 362 g/mol. The third-order valence-electron chi connectivity index (χ3n) is 4.40. The van der Waals surface area contributed by atoms with Crippen molar-refractivity contribution in [3.05, 3.63) is 12.2 Å². The first-order chi connectivity index (χ1) is 13.0. The zero-order chi connectivity index (χ0) is 21.6. The fraction of sp³-hybridized carbons (Fsp3) is 0.762. The maximum absolute atomic E-state index is 12.4. The van der Waals surface area contributed by atoms with E-state index in [1.807, 2.05) is 27.2 Å². The Morgan fingerprint density at radius 3 is 1.86 bits per heavy atom. The molecule has 0 aromatic rings. The summed E-state index contributed by atoms with van der Waals surface area (Å²) >= 11 is 0. The van der Waals surface area contributed by atoms with Crippen LogP contribution in [0.5, 0.6) is 0 Å². The third kappa shape index (κ3) is 14.3. The zero-order valence-corrected chi connectivity index (χ0v) is 17.7. The van der Waals surface area contributed by atoms with Crippen molar-refractivity contribution in [3.63, 3.8) is 0 Å². The SMILES string of the molecule is C[N+](C)(C)CC(O)(CC(=O)O)C(=O)CCCC=CCCCCCCCC(=O)O. The van der Waals surface area contributed by atoms with Crippen molar-refractivity contribution in [1.29, 1.82) is 0 Å². The van der Waals surface area contributed by atoms with Gasteiger partial charge in [0.05, 0.1) is 27.6 Å². The molecule has 0 bridgehead atoms. The third-order valence-corrected chi connectivity index (χ3v) is 4.40. The van der Waals surface area contributed by atoms with E-state index in [4.69, 9.17) is 10.2 Å². The Bertz CT molecular complexity index is 523. The van der Waals surface area contributed by atoms with E-state index in [1.165, 1.54) is 0 Å². The van der Waals surface area contributed by atoms with E-state index >= 15 is 0 Å². The summed E-state index contributed by atoms with van der Waals surface area (Å²) in [4.78, 5) is 33.8. The van der Waals surface area contributed by atoms with Crippen LogP contribution < -0.4 is 0 Å². The minimum Gasteiger partial charge on any atom is -0.481 e. The van der Waals surface area contributed by atoms with Gasteiger partial charge in [-0.2, -0.15) is 0 Å². The number of aliphatic hydroxyl groups is 1. The summed E-state index contributed by atoms with van der Waals surface area (Å²) in [5.74, 6) is -2.31. The van der Waals surface area contributed by atoms with Crippen LogP contribution in [0.2, 0.25) is 0 Å². The highest BCUT2D eigenvalue weighted by Crippen LogP contribution is 2.19. The van der Waals surface area contributed by atoms with Gasteiger partial charge in [-0.15, -0.1) is 0 Å². The van der Waals surface area contributed by atoms with Crippen molar-refractivity contribution in [1.82, 2.24) is 0 Å². The van der Waals surface area contributed by atoms with Gasteiger partial charge in [-0.3, -0.25) is 14.4 Å². The number of carbonyl (C=O) groups excluding carboxylic acids is 1. The van der Waals surface area contributed by atoms with Crippen LogP contribution in [0.25, 0.3) is 0 Å². The molecule has 0 aliphatic heterocycles. The molecule has 0 aromatic heterocycles. The van der Waals surface area contributed by atoms with Gasteiger partial charge in [0.1, 0.15) is 6.54 Å². The van der Waals surface area contributed by atoms with Gasteiger partial charge in [0, 0.05) is 12.8 Å². The molecule has 1 atom stereocenters. The van der Waals surface area contributed by atoms with Gasteiger partial charge in [0.15, 0.2) is 11.4 Å². The van der Waals surface area contributed by atoms with Gasteiger partial charge < -0.3 is 19.8 Å². The molecule has 7 nitrogen and oxygen atoms in total. The number of hydrogen-bond donors (Lipinski definition) is 3. The molecule has 0 saturated heterocycles. The molecule has 0 rings (SSSR count). The van der Waals surface area contributed by atoms with Gasteiger partial charge in [-0.25, -0.2) is 0 Å². The van der Waals surface area contributed by atoms with Crippen LogP contribution in [0.4, 0.5) is 0 Å². The molecule has 0 radical (unpaired) electrons. The molecule has 0 saturated carbocycles. The number of likely N-dealkylation sites (N-methyl/N-ethyl adjacent to an activating group) is 1. The van der Waals surface area contributed by atoms with Crippen molar-refractivity contribution >= 4 is 17.7 Å². The molecule has 28 heavy (non-hydrogen) atoms. The molecule has 7 heteroatoms. The van der Waals surface area contributed by atoms with E-state index in [0.29, 0.717) is 10.9 Å². The minimum atomic E-state index is -1.82. The molecule has 0 aliphatic carbocycles. The number of carbonyl (C=O) groups is 3. The van der Waals surface area contributed by atoms with E-state index < -0.39 is 29.7 Å². The highest BCUT2D eigenvalue weighted by molar-refractivity contribution is 5.91. The number of carboxylic acids is 2. The Morgan fingerprint density at radius 1 is 0.786 bits per heavy atom. The van der Waals surface area contributed by atoms with Crippen molar-refractivity contribution in [3.8, 4) is 0 Å². The Hall–Kier alpha value is -1.73. The summed E-state index contributed by atoms with van der Waals surface area (Å²) in [5.41, 5.74) is -1.82. The lowest BCUT2D eigenvalue weighted by Gasteiger charge is -2.33. The molecule has 162 valence electrons. The minimum absolute atomic E-state index is 0.0699. The highest BCUT2D eigenvalue weighted by atomic mass is 16.4. The van der Waals surface area contributed by atoms with Crippen LogP contribution >= 0.6 is 0 Å². The number of unbranched alkanes of at least 4 members (excludes halogenated alkanes) is 6. The summed E-state index contributed by atoms with van der Waals surface area (Å²) in [6.45, 7) is 0.0699. The van der Waals surface area contributed by atoms with Crippen LogP contribution in [0.3, 0.4) is 0 Å². The summed E-state index contributed by atoms with van der Waals surface area (Å²) in [6, 6.07) is 0. The molecule has 0 amide bonds. The summed E-state index contributed by atoms with van der Waals surface area (Å²) in [7, 11) is 5.44. The number of hydrogen-bond acceptors (Lipinski definition) is 4. The fourth-order valence-corrected chi connectivity index (χ4v) is 3.20. The second kappa shape index (κ2) is 13.4. The van der Waals surface area contributed by atoms with Gasteiger partial charge in [-0.1, -0.05) is 31.4 Å². The first-order valence-corrected chi connectivity index (χ1v) is 10.1. The Kier molecular flexibility index (Phi) is 12.6. The number of allylic oxidation sites excluding steroid dienone is 2. The normalized spacial score (nSPS) is 14.1. The molecule has 3 N–H and O–H groups in total. The topological polar surface area (TPSA) is 112 Å². The molecular formula is C21H38NO6+. The molecule has 0 spiro atoms. The Labute approximate surface area is 168 Å². The maximum Gasteiger partial charge on any atom is 0.306 e. The first kappa shape index (κ1) is 26.3. The Balaban J connectivity index is 4.03. The average Bonchev–Trinajstić information content (AvgIpc) is 2.52. The molecule has 0 heterocycles. The number of carboxylic acid groups (broad SMARTS) is 2. The lowest BCUT2D eigenvalue weighted by atomic mass is 9.90. The number of nitrogens with zero attached hydrogens (tertiary/aromatic N) is 1. The van der Waals surface area contributed by atoms with Crippen LogP contribution in [0.1, 0.15) is 70.6 Å². The van der Waals surface area contributed by atoms with Gasteiger partial charge in [0.25, 0.3) is 0 Å². The average molecular weight is 401 g/mol. The van der Waals surface area contributed by atoms with E-state index in [2.05, 4.69) is 6.08 Å². The summed E-state index contributed by atoms with van der Waals surface area (Å²) in [6.07, 6.45) is 11.1. The molecule has 1 unspecified atom stereocenters. The first-order valence-electron chi connectivity index (χ1n) is 10.1. The highest BCUT2D eigenvalue weighted by Gasteiger charge is 2.42. The number of Topliss-reactive ketones (excluding diaryl/α,β-unsaturated/α-hetero) is 1. The van der Waals surface area contributed by atoms with E-state index in [-0.39, 0.29) is 19.4 Å². The van der Waals surface area contributed by atoms with Crippen molar-refractivity contribution in [2.75, 3.05) is 27.7 Å². The summed E-state index contributed by atoms with van der Waals surface area (Å²) in [5, 5.41) is 28.2. The second-order valence-electron chi connectivity index (χ2n) is 8.54. The zero-order valence-electron chi connectivity index (χ0n) is 17.7. The van der Waals surface area contributed by atoms with Crippen LogP contribution in [-0.4, -0.2) is 70.8 Å². The quantitative estimate of drug-likeness (QED) is 0.197. The molecule has 0 aliphatic rings. The predicted octanol–water partition coefficient (Wildman–Crippen LogP) is 3.01. The number of aliphatic carboxylic acids is 2.